The zero-order chi connectivity index (χ0) is 17.2. The third-order valence-corrected chi connectivity index (χ3v) is 5.75. The Balaban J connectivity index is 1.43. The quantitative estimate of drug-likeness (QED) is 0.913. The summed E-state index contributed by atoms with van der Waals surface area (Å²) < 4.78 is 5.33. The monoisotopic (exact) mass is 341 g/mol. The number of benzene rings is 1. The molecule has 1 saturated carbocycles. The molecule has 1 aromatic carbocycles. The zero-order valence-corrected chi connectivity index (χ0v) is 14.9. The van der Waals surface area contributed by atoms with Crippen LogP contribution < -0.4 is 10.2 Å². The first-order valence-electron chi connectivity index (χ1n) is 9.42. The SMILES string of the molecule is COc1cccc(C2CC3C(=O)N(CC4CCCCC4)C=CN3N2)c1. The Kier molecular flexibility index (Phi) is 4.66. The Hall–Kier alpha value is -2.01. The first-order valence-corrected chi connectivity index (χ1v) is 9.42. The van der Waals surface area contributed by atoms with Gasteiger partial charge in [-0.25, -0.2) is 5.43 Å². The van der Waals surface area contributed by atoms with E-state index in [4.69, 9.17) is 4.74 Å². The van der Waals surface area contributed by atoms with Gasteiger partial charge in [0.15, 0.2) is 0 Å². The molecule has 25 heavy (non-hydrogen) atoms. The number of fused-ring (bicyclic) bond motifs is 1. The predicted octanol–water partition coefficient (Wildman–Crippen LogP) is 3.21. The van der Waals surface area contributed by atoms with Crippen LogP contribution in [0, 0.1) is 5.92 Å². The molecule has 0 spiro atoms. The first-order chi connectivity index (χ1) is 12.2. The molecule has 1 aromatic rings. The molecular weight excluding hydrogens is 314 g/mol. The zero-order valence-electron chi connectivity index (χ0n) is 14.9. The first kappa shape index (κ1) is 16.5. The summed E-state index contributed by atoms with van der Waals surface area (Å²) in [5.41, 5.74) is 4.62. The predicted molar refractivity (Wildman–Crippen MR) is 96.5 cm³/mol. The molecule has 1 amide bonds. The van der Waals surface area contributed by atoms with Crippen molar-refractivity contribution in [3.8, 4) is 5.75 Å². The van der Waals surface area contributed by atoms with E-state index in [2.05, 4.69) is 11.5 Å². The molecule has 134 valence electrons. The van der Waals surface area contributed by atoms with Crippen molar-refractivity contribution in [2.24, 2.45) is 5.92 Å². The highest BCUT2D eigenvalue weighted by Crippen LogP contribution is 2.33. The van der Waals surface area contributed by atoms with E-state index in [9.17, 15) is 4.79 Å². The van der Waals surface area contributed by atoms with E-state index in [1.54, 1.807) is 7.11 Å². The molecular formula is C20H27N3O2. The Morgan fingerprint density at radius 3 is 2.84 bits per heavy atom. The van der Waals surface area contributed by atoms with Crippen molar-refractivity contribution in [3.05, 3.63) is 42.2 Å². The molecule has 2 aliphatic heterocycles. The van der Waals surface area contributed by atoms with E-state index < -0.39 is 0 Å². The number of hydrogen-bond donors (Lipinski definition) is 1. The maximum absolute atomic E-state index is 12.9. The lowest BCUT2D eigenvalue weighted by atomic mass is 9.88. The summed E-state index contributed by atoms with van der Waals surface area (Å²) >= 11 is 0. The maximum atomic E-state index is 12.9. The van der Waals surface area contributed by atoms with Crippen LogP contribution >= 0.6 is 0 Å². The van der Waals surface area contributed by atoms with Crippen LogP contribution in [0.25, 0.3) is 0 Å². The highest BCUT2D eigenvalue weighted by Gasteiger charge is 2.40. The Labute approximate surface area is 149 Å². The minimum absolute atomic E-state index is 0.107. The van der Waals surface area contributed by atoms with Gasteiger partial charge in [0.2, 0.25) is 0 Å². The minimum Gasteiger partial charge on any atom is -0.497 e. The van der Waals surface area contributed by atoms with E-state index in [0.29, 0.717) is 5.92 Å². The van der Waals surface area contributed by atoms with Crippen molar-refractivity contribution < 1.29 is 9.53 Å². The molecule has 0 bridgehead atoms. The van der Waals surface area contributed by atoms with Gasteiger partial charge in [-0.1, -0.05) is 31.4 Å². The lowest BCUT2D eigenvalue weighted by molar-refractivity contribution is -0.135. The summed E-state index contributed by atoms with van der Waals surface area (Å²) in [5.74, 6) is 1.74. The number of carbonyl (C=O) groups excluding carboxylic acids is 1. The van der Waals surface area contributed by atoms with Crippen molar-refractivity contribution in [1.82, 2.24) is 15.3 Å². The Morgan fingerprint density at radius 1 is 1.20 bits per heavy atom. The van der Waals surface area contributed by atoms with Gasteiger partial charge in [0.25, 0.3) is 5.91 Å². The largest absolute Gasteiger partial charge is 0.497 e. The molecule has 3 aliphatic rings. The summed E-state index contributed by atoms with van der Waals surface area (Å²) in [6.07, 6.45) is 11.3. The van der Waals surface area contributed by atoms with E-state index >= 15 is 0 Å². The number of nitrogens with one attached hydrogen (secondary N) is 1. The van der Waals surface area contributed by atoms with Crippen molar-refractivity contribution in [1.29, 1.82) is 0 Å². The Bertz CT molecular complexity index is 654. The molecule has 0 radical (unpaired) electrons. The van der Waals surface area contributed by atoms with Gasteiger partial charge in [-0.15, -0.1) is 0 Å². The van der Waals surface area contributed by atoms with Crippen molar-refractivity contribution >= 4 is 5.91 Å². The van der Waals surface area contributed by atoms with Gasteiger partial charge < -0.3 is 14.6 Å². The second-order valence-electron chi connectivity index (χ2n) is 7.41. The van der Waals surface area contributed by atoms with Gasteiger partial charge in [-0.05, 0) is 42.9 Å². The number of rotatable bonds is 4. The number of hydrazine groups is 1. The van der Waals surface area contributed by atoms with Crippen LogP contribution in [0.4, 0.5) is 0 Å². The molecule has 5 nitrogen and oxygen atoms in total. The topological polar surface area (TPSA) is 44.8 Å². The molecule has 0 aromatic heterocycles. The van der Waals surface area contributed by atoms with Crippen molar-refractivity contribution in [2.75, 3.05) is 13.7 Å². The van der Waals surface area contributed by atoms with Gasteiger partial charge in [-0.3, -0.25) is 4.79 Å². The van der Waals surface area contributed by atoms with Crippen LogP contribution in [0.2, 0.25) is 0 Å². The number of ether oxygens (including phenoxy) is 1. The maximum Gasteiger partial charge on any atom is 0.250 e. The standard InChI is InChI=1S/C20H27N3O2/c1-25-17-9-5-8-16(12-17)18-13-19-20(24)22(10-11-23(19)21-18)14-15-6-3-2-4-7-15/h5,8-12,15,18-19,21H,2-4,6-7,13-14H2,1H3. The summed E-state index contributed by atoms with van der Waals surface area (Å²) in [4.78, 5) is 14.9. The molecule has 4 rings (SSSR count). The Morgan fingerprint density at radius 2 is 2.04 bits per heavy atom. The lowest BCUT2D eigenvalue weighted by Gasteiger charge is -2.34. The van der Waals surface area contributed by atoms with E-state index in [-0.39, 0.29) is 18.0 Å². The van der Waals surface area contributed by atoms with Gasteiger partial charge in [0.05, 0.1) is 13.2 Å². The smallest absolute Gasteiger partial charge is 0.250 e. The molecule has 1 N–H and O–H groups in total. The molecule has 2 heterocycles. The van der Waals surface area contributed by atoms with E-state index in [1.165, 1.54) is 32.1 Å². The van der Waals surface area contributed by atoms with Crippen LogP contribution in [0.3, 0.4) is 0 Å². The van der Waals surface area contributed by atoms with E-state index in [1.807, 2.05) is 40.5 Å². The average Bonchev–Trinajstić information content (AvgIpc) is 3.10. The molecule has 2 unspecified atom stereocenters. The van der Waals surface area contributed by atoms with Gasteiger partial charge in [0, 0.05) is 18.9 Å². The number of hydrogen-bond acceptors (Lipinski definition) is 4. The van der Waals surface area contributed by atoms with Gasteiger partial charge in [0.1, 0.15) is 11.8 Å². The fraction of sp³-hybridized carbons (Fsp3) is 0.550. The van der Waals surface area contributed by atoms with Crippen LogP contribution in [0.1, 0.15) is 50.1 Å². The second kappa shape index (κ2) is 7.08. The van der Waals surface area contributed by atoms with E-state index in [0.717, 1.165) is 24.3 Å². The molecule has 1 aliphatic carbocycles. The van der Waals surface area contributed by atoms with Crippen LogP contribution in [0.15, 0.2) is 36.7 Å². The summed E-state index contributed by atoms with van der Waals surface area (Å²) in [5, 5.41) is 1.98. The summed E-state index contributed by atoms with van der Waals surface area (Å²) in [6, 6.07) is 8.12. The van der Waals surface area contributed by atoms with Crippen molar-refractivity contribution in [2.45, 2.75) is 50.6 Å². The number of nitrogens with zero attached hydrogens (tertiary/aromatic N) is 2. The number of methoxy groups -OCH3 is 1. The van der Waals surface area contributed by atoms with Crippen molar-refractivity contribution in [3.63, 3.8) is 0 Å². The normalized spacial score (nSPS) is 26.8. The lowest BCUT2D eigenvalue weighted by Crippen LogP contribution is -2.49. The highest BCUT2D eigenvalue weighted by molar-refractivity contribution is 5.84. The number of amides is 1. The second-order valence-corrected chi connectivity index (χ2v) is 7.41. The summed E-state index contributed by atoms with van der Waals surface area (Å²) in [6.45, 7) is 0.878. The third-order valence-electron chi connectivity index (χ3n) is 5.75. The molecule has 2 fully saturated rings. The van der Waals surface area contributed by atoms with Gasteiger partial charge >= 0.3 is 0 Å². The highest BCUT2D eigenvalue weighted by atomic mass is 16.5. The fourth-order valence-corrected chi connectivity index (χ4v) is 4.31. The summed E-state index contributed by atoms with van der Waals surface area (Å²) in [7, 11) is 1.68. The fourth-order valence-electron chi connectivity index (χ4n) is 4.31. The molecule has 2 atom stereocenters. The van der Waals surface area contributed by atoms with Crippen LogP contribution in [-0.2, 0) is 4.79 Å². The van der Waals surface area contributed by atoms with Crippen LogP contribution in [-0.4, -0.2) is 35.5 Å². The molecule has 5 heteroatoms. The van der Waals surface area contributed by atoms with Crippen LogP contribution in [0.5, 0.6) is 5.75 Å². The number of carbonyl (C=O) groups is 1. The third kappa shape index (κ3) is 3.38. The molecule has 1 saturated heterocycles. The minimum atomic E-state index is -0.107. The van der Waals surface area contributed by atoms with Gasteiger partial charge in [-0.2, -0.15) is 0 Å². The average molecular weight is 341 g/mol.